The monoisotopic (exact) mass is 624 g/mol. The molecule has 1 saturated heterocycles. The normalized spacial score (nSPS) is 15.9. The van der Waals surface area contributed by atoms with Crippen LogP contribution >= 0.6 is 35.1 Å². The summed E-state index contributed by atoms with van der Waals surface area (Å²) in [6.45, 7) is 6.99. The lowest BCUT2D eigenvalue weighted by atomic mass is 10.0. The molecule has 1 fully saturated rings. The summed E-state index contributed by atoms with van der Waals surface area (Å²) < 4.78 is 12.3. The fraction of sp³-hybridized carbons (Fsp3) is 0.429. The zero-order chi connectivity index (χ0) is 30.2. The second-order valence-corrected chi connectivity index (χ2v) is 12.3. The molecule has 222 valence electrons. The molecule has 0 aliphatic carbocycles. The summed E-state index contributed by atoms with van der Waals surface area (Å²) in [6, 6.07) is 12.9. The van der Waals surface area contributed by atoms with E-state index >= 15 is 0 Å². The van der Waals surface area contributed by atoms with Crippen molar-refractivity contribution in [3.05, 3.63) is 69.7 Å². The van der Waals surface area contributed by atoms with Gasteiger partial charge in [0, 0.05) is 34.1 Å². The van der Waals surface area contributed by atoms with Gasteiger partial charge in [0.25, 0.3) is 5.91 Å². The number of halogens is 2. The van der Waals surface area contributed by atoms with Crippen molar-refractivity contribution in [2.45, 2.75) is 58.2 Å². The molecular formula is C28H34Cl2N4O6S. The molecule has 0 saturated carbocycles. The number of nitrogens with one attached hydrogen (secondary N) is 2. The van der Waals surface area contributed by atoms with E-state index in [1.165, 1.54) is 9.21 Å². The maximum absolute atomic E-state index is 13.4. The Morgan fingerprint density at radius 2 is 1.63 bits per heavy atom. The third kappa shape index (κ3) is 10.0. The quantitative estimate of drug-likeness (QED) is 0.231. The first-order valence-electron chi connectivity index (χ1n) is 13.1. The van der Waals surface area contributed by atoms with Crippen LogP contribution in [-0.4, -0.2) is 57.6 Å². The fourth-order valence-corrected chi connectivity index (χ4v) is 5.11. The Labute approximate surface area is 254 Å². The molecule has 0 spiro atoms. The highest BCUT2D eigenvalue weighted by Crippen LogP contribution is 2.32. The molecule has 2 aromatic rings. The van der Waals surface area contributed by atoms with Gasteiger partial charge in [0.2, 0.25) is 0 Å². The van der Waals surface area contributed by atoms with Gasteiger partial charge >= 0.3 is 18.1 Å². The minimum Gasteiger partial charge on any atom is -0.444 e. The second-order valence-electron chi connectivity index (χ2n) is 10.3. The molecule has 10 nitrogen and oxygen atoms in total. The van der Waals surface area contributed by atoms with E-state index in [0.29, 0.717) is 28.5 Å². The van der Waals surface area contributed by atoms with Crippen LogP contribution in [0.5, 0.6) is 0 Å². The Balaban J connectivity index is 1.70. The van der Waals surface area contributed by atoms with Gasteiger partial charge < -0.3 is 20.1 Å². The molecule has 0 radical (unpaired) electrons. The van der Waals surface area contributed by atoms with E-state index < -0.39 is 47.7 Å². The van der Waals surface area contributed by atoms with Crippen molar-refractivity contribution < 1.29 is 28.7 Å². The Morgan fingerprint density at radius 1 is 1.02 bits per heavy atom. The molecule has 0 bridgehead atoms. The van der Waals surface area contributed by atoms with Crippen molar-refractivity contribution in [3.8, 4) is 0 Å². The highest BCUT2D eigenvalue weighted by Gasteiger charge is 2.40. The van der Waals surface area contributed by atoms with E-state index in [-0.39, 0.29) is 13.1 Å². The van der Waals surface area contributed by atoms with Gasteiger partial charge in [-0.2, -0.15) is 0 Å². The summed E-state index contributed by atoms with van der Waals surface area (Å²) in [7, 11) is 0. The number of nitrogens with zero attached hydrogens (tertiary/aromatic N) is 2. The molecule has 2 unspecified atom stereocenters. The molecule has 2 atom stereocenters. The largest absolute Gasteiger partial charge is 0.444 e. The second kappa shape index (κ2) is 14.7. The molecule has 0 aromatic heterocycles. The van der Waals surface area contributed by atoms with Gasteiger partial charge in [0.15, 0.2) is 12.2 Å². The van der Waals surface area contributed by atoms with Crippen LogP contribution in [0.25, 0.3) is 0 Å². The smallest absolute Gasteiger partial charge is 0.407 e. The van der Waals surface area contributed by atoms with Crippen molar-refractivity contribution in [1.29, 1.82) is 0 Å². The Hall–Kier alpha value is -3.15. The molecule has 1 heterocycles. The Bertz CT molecular complexity index is 1220. The summed E-state index contributed by atoms with van der Waals surface area (Å²) in [5.74, 6) is -1.66. The summed E-state index contributed by atoms with van der Waals surface area (Å²) >= 11 is 13.0. The minimum atomic E-state index is -0.852. The summed E-state index contributed by atoms with van der Waals surface area (Å²) in [5.41, 5.74) is -0.350. The van der Waals surface area contributed by atoms with E-state index in [1.807, 2.05) is 6.92 Å². The third-order valence-corrected chi connectivity index (χ3v) is 7.39. The van der Waals surface area contributed by atoms with Crippen LogP contribution in [0, 0.1) is 5.92 Å². The number of benzene rings is 2. The molecule has 3 rings (SSSR count). The van der Waals surface area contributed by atoms with Crippen LogP contribution in [0.15, 0.2) is 48.5 Å². The molecule has 1 aliphatic rings. The molecule has 2 aromatic carbocycles. The lowest BCUT2D eigenvalue weighted by molar-refractivity contribution is -0.152. The van der Waals surface area contributed by atoms with Crippen LogP contribution in [0.3, 0.4) is 0 Å². The van der Waals surface area contributed by atoms with E-state index in [4.69, 9.17) is 32.7 Å². The first-order valence-corrected chi connectivity index (χ1v) is 14.6. The first-order chi connectivity index (χ1) is 19.4. The maximum Gasteiger partial charge on any atom is 0.407 e. The van der Waals surface area contributed by atoms with Crippen LogP contribution in [0.2, 0.25) is 10.0 Å². The standard InChI is InChI=1S/C28H34Cl2N4O6S/c1-5-6-20(15-31-26(37)40-28(2,3)4)24(36)39-17-33-25(32-23(35)19-9-13-22(30)14-10-19)41-34(27(33)38)16-18-7-11-21(29)12-8-18/h7-14,20,25H,5-6,15-17H2,1-4H3,(H,31,37)(H,32,35). The summed E-state index contributed by atoms with van der Waals surface area (Å²) in [6.07, 6.45) is 0.486. The SMILES string of the molecule is CCCC(CNC(=O)OC(C)(C)C)C(=O)OCN1C(=O)N(Cc2ccc(Cl)cc2)SC1NC(=O)c1ccc(Cl)cc1. The predicted molar refractivity (Wildman–Crippen MR) is 158 cm³/mol. The van der Waals surface area contributed by atoms with Gasteiger partial charge in [-0.25, -0.2) is 9.59 Å². The molecule has 4 amide bonds. The van der Waals surface area contributed by atoms with Gasteiger partial charge in [-0.1, -0.05) is 48.7 Å². The number of alkyl carbamates (subject to hydrolysis) is 1. The first kappa shape index (κ1) is 32.4. The number of carbonyl (C=O) groups is 4. The van der Waals surface area contributed by atoms with Gasteiger partial charge in [-0.15, -0.1) is 0 Å². The predicted octanol–water partition coefficient (Wildman–Crippen LogP) is 6.03. The number of rotatable bonds is 11. The number of esters is 1. The van der Waals surface area contributed by atoms with Gasteiger partial charge in [-0.3, -0.25) is 18.8 Å². The average Bonchev–Trinajstić information content (AvgIpc) is 3.18. The van der Waals surface area contributed by atoms with Gasteiger partial charge in [0.05, 0.1) is 12.5 Å². The maximum atomic E-state index is 13.4. The number of urea groups is 1. The number of hydrogen-bond acceptors (Lipinski definition) is 7. The van der Waals surface area contributed by atoms with Crippen molar-refractivity contribution in [2.24, 2.45) is 5.92 Å². The van der Waals surface area contributed by atoms with E-state index in [0.717, 1.165) is 17.5 Å². The van der Waals surface area contributed by atoms with Crippen LogP contribution in [0.4, 0.5) is 9.59 Å². The summed E-state index contributed by atoms with van der Waals surface area (Å²) in [4.78, 5) is 52.7. The third-order valence-electron chi connectivity index (χ3n) is 5.78. The van der Waals surface area contributed by atoms with E-state index in [1.54, 1.807) is 69.3 Å². The fourth-order valence-electron chi connectivity index (χ4n) is 3.77. The van der Waals surface area contributed by atoms with E-state index in [9.17, 15) is 19.2 Å². The Morgan fingerprint density at radius 3 is 2.22 bits per heavy atom. The highest BCUT2D eigenvalue weighted by molar-refractivity contribution is 7.98. The van der Waals surface area contributed by atoms with Crippen LogP contribution in [0.1, 0.15) is 56.5 Å². The summed E-state index contributed by atoms with van der Waals surface area (Å²) in [5, 5.41) is 6.48. The number of hydrogen-bond donors (Lipinski definition) is 2. The molecule has 13 heteroatoms. The average molecular weight is 626 g/mol. The molecule has 41 heavy (non-hydrogen) atoms. The van der Waals surface area contributed by atoms with Crippen LogP contribution in [-0.2, 0) is 20.8 Å². The van der Waals surface area contributed by atoms with Gasteiger partial charge in [0.1, 0.15) is 5.60 Å². The van der Waals surface area contributed by atoms with Crippen molar-refractivity contribution >= 4 is 59.2 Å². The molecule has 2 N–H and O–H groups in total. The molecule has 1 aliphatic heterocycles. The number of carbonyl (C=O) groups excluding carboxylic acids is 4. The number of ether oxygens (including phenoxy) is 2. The van der Waals surface area contributed by atoms with Crippen molar-refractivity contribution in [1.82, 2.24) is 19.8 Å². The minimum absolute atomic E-state index is 0.0176. The zero-order valence-electron chi connectivity index (χ0n) is 23.3. The van der Waals surface area contributed by atoms with Crippen LogP contribution < -0.4 is 10.6 Å². The number of amides is 4. The zero-order valence-corrected chi connectivity index (χ0v) is 25.6. The Kier molecular flexibility index (Phi) is 11.6. The molecular weight excluding hydrogens is 591 g/mol. The highest BCUT2D eigenvalue weighted by atomic mass is 35.5. The van der Waals surface area contributed by atoms with Gasteiger partial charge in [-0.05, 0) is 69.2 Å². The topological polar surface area (TPSA) is 117 Å². The van der Waals surface area contributed by atoms with Crippen molar-refractivity contribution in [3.63, 3.8) is 0 Å². The lowest BCUT2D eigenvalue weighted by Crippen LogP contribution is -2.46. The lowest BCUT2D eigenvalue weighted by Gasteiger charge is -2.24. The van der Waals surface area contributed by atoms with Crippen molar-refractivity contribution in [2.75, 3.05) is 13.3 Å². The van der Waals surface area contributed by atoms with E-state index in [2.05, 4.69) is 10.6 Å².